The van der Waals surface area contributed by atoms with Crippen LogP contribution in [0.1, 0.15) is 67.2 Å². The first-order chi connectivity index (χ1) is 16.5. The summed E-state index contributed by atoms with van der Waals surface area (Å²) in [6, 6.07) is 0.000356. The molecule has 1 amide bonds. The largest absolute Gasteiger partial charge is 0.387 e. The molecule has 0 aliphatic carbocycles. The third-order valence-corrected chi connectivity index (χ3v) is 7.20. The van der Waals surface area contributed by atoms with Crippen molar-refractivity contribution in [1.82, 2.24) is 5.32 Å². The monoisotopic (exact) mass is 489 g/mol. The van der Waals surface area contributed by atoms with Gasteiger partial charge in [0.05, 0.1) is 31.0 Å². The number of hydrogen-bond acceptors (Lipinski definition) is 6. The lowest BCUT2D eigenvalue weighted by atomic mass is 9.87. The summed E-state index contributed by atoms with van der Waals surface area (Å²) in [7, 11) is 0. The molecule has 3 rings (SSSR count). The molecule has 2 N–H and O–H groups in total. The van der Waals surface area contributed by atoms with Gasteiger partial charge in [0.25, 0.3) is 0 Å². The molecule has 0 saturated carbocycles. The smallest absolute Gasteiger partial charge is 0.243 e. The molecule has 0 aromatic heterocycles. The van der Waals surface area contributed by atoms with Crippen molar-refractivity contribution in [2.75, 3.05) is 6.61 Å². The molecule has 3 fully saturated rings. The lowest BCUT2D eigenvalue weighted by molar-refractivity contribution is -0.143. The van der Waals surface area contributed by atoms with Gasteiger partial charge in [0.15, 0.2) is 0 Å². The quantitative estimate of drug-likeness (QED) is 0.291. The van der Waals surface area contributed by atoms with E-state index in [-0.39, 0.29) is 36.0 Å². The number of ketones is 1. The van der Waals surface area contributed by atoms with E-state index in [0.717, 1.165) is 18.4 Å². The molecular weight excluding hydrogens is 446 g/mol. The molecule has 3 aliphatic rings. The van der Waals surface area contributed by atoms with Crippen molar-refractivity contribution in [3.8, 4) is 0 Å². The predicted octanol–water partition coefficient (Wildman–Crippen LogP) is 3.66. The average molecular weight is 490 g/mol. The van der Waals surface area contributed by atoms with Gasteiger partial charge in [0.1, 0.15) is 23.6 Å². The molecule has 35 heavy (non-hydrogen) atoms. The standard InChI is InChI=1S/C28H43NO6/c1-17(2)7-12-26(31)29-23-13-19(4)24(34-21(23)6)10-8-18(3)9-11-25-27(32)28(16-33-28)15-22(35-25)14-20(5)30/h7-9,11-12,17,19,21-25,27,32H,10,13-16H2,1-6H3,(H,29,31)/b11-9+,12-7-,18-8+/t19-,21-,22-,23-,24-,25-,27-,28-/m1/s1. The predicted molar refractivity (Wildman–Crippen MR) is 135 cm³/mol. The summed E-state index contributed by atoms with van der Waals surface area (Å²) in [6.07, 6.45) is 10.6. The van der Waals surface area contributed by atoms with Crippen molar-refractivity contribution >= 4 is 11.7 Å². The molecule has 0 unspecified atom stereocenters. The Labute approximate surface area is 210 Å². The van der Waals surface area contributed by atoms with Gasteiger partial charge in [0.2, 0.25) is 5.91 Å². The second-order valence-corrected chi connectivity index (χ2v) is 11.0. The van der Waals surface area contributed by atoms with Crippen LogP contribution in [-0.2, 0) is 23.8 Å². The van der Waals surface area contributed by atoms with Gasteiger partial charge in [0, 0.05) is 12.8 Å². The highest BCUT2D eigenvalue weighted by Gasteiger charge is 2.58. The minimum absolute atomic E-state index is 0.000356. The van der Waals surface area contributed by atoms with Gasteiger partial charge in [-0.1, -0.05) is 50.6 Å². The van der Waals surface area contributed by atoms with Crippen LogP contribution < -0.4 is 5.32 Å². The van der Waals surface area contributed by atoms with E-state index in [9.17, 15) is 14.7 Å². The number of Topliss-reactive ketones (excluding diaryl/α,β-unsaturated/α-hetero) is 1. The Hall–Kier alpha value is -1.80. The van der Waals surface area contributed by atoms with E-state index in [1.54, 1.807) is 13.0 Å². The molecule has 0 bridgehead atoms. The molecule has 1 spiro atoms. The molecule has 8 atom stereocenters. The average Bonchev–Trinajstić information content (AvgIpc) is 3.54. The Bertz CT molecular complexity index is 842. The van der Waals surface area contributed by atoms with E-state index in [0.29, 0.717) is 31.3 Å². The van der Waals surface area contributed by atoms with Crippen LogP contribution in [0.15, 0.2) is 36.0 Å². The normalized spacial score (nSPS) is 37.9. The van der Waals surface area contributed by atoms with E-state index in [1.165, 1.54) is 0 Å². The van der Waals surface area contributed by atoms with Crippen molar-refractivity contribution in [1.29, 1.82) is 0 Å². The van der Waals surface area contributed by atoms with Crippen LogP contribution in [0, 0.1) is 11.8 Å². The third kappa shape index (κ3) is 7.84. The number of carbonyl (C=O) groups is 2. The van der Waals surface area contributed by atoms with Gasteiger partial charge in [-0.25, -0.2) is 0 Å². The van der Waals surface area contributed by atoms with E-state index in [4.69, 9.17) is 14.2 Å². The van der Waals surface area contributed by atoms with Crippen LogP contribution in [0.4, 0.5) is 0 Å². The maximum atomic E-state index is 12.2. The summed E-state index contributed by atoms with van der Waals surface area (Å²) in [5.74, 6) is 0.653. The molecule has 3 heterocycles. The number of amides is 1. The molecule has 0 radical (unpaired) electrons. The zero-order valence-corrected chi connectivity index (χ0v) is 22.0. The molecule has 7 nitrogen and oxygen atoms in total. The Morgan fingerprint density at radius 2 is 1.89 bits per heavy atom. The molecule has 3 saturated heterocycles. The zero-order chi connectivity index (χ0) is 25.8. The highest BCUT2D eigenvalue weighted by molar-refractivity contribution is 5.87. The first-order valence-corrected chi connectivity index (χ1v) is 12.9. The minimum Gasteiger partial charge on any atom is -0.387 e. The first-order valence-electron chi connectivity index (χ1n) is 12.9. The number of epoxide rings is 1. The van der Waals surface area contributed by atoms with Gasteiger partial charge in [-0.2, -0.15) is 0 Å². The maximum absolute atomic E-state index is 12.2. The summed E-state index contributed by atoms with van der Waals surface area (Å²) in [6.45, 7) is 12.3. The summed E-state index contributed by atoms with van der Waals surface area (Å²) >= 11 is 0. The molecular formula is C28H43NO6. The lowest BCUT2D eigenvalue weighted by Crippen LogP contribution is -2.50. The molecule has 0 aromatic rings. The SMILES string of the molecule is CC(=O)C[C@@H]1C[C@@]2(CO2)[C@H](O)[C@@H](/C=C/C(C)=C/C[C@H]2O[C@H](C)[C@H](NC(=O)/C=C\C(C)C)C[C@H]2C)O1. The van der Waals surface area contributed by atoms with Gasteiger partial charge in [-0.15, -0.1) is 0 Å². The number of hydrogen-bond donors (Lipinski definition) is 2. The number of ether oxygens (including phenoxy) is 3. The minimum atomic E-state index is -0.736. The molecule has 3 aliphatic heterocycles. The third-order valence-electron chi connectivity index (χ3n) is 7.20. The Balaban J connectivity index is 1.52. The van der Waals surface area contributed by atoms with Crippen LogP contribution in [0.25, 0.3) is 0 Å². The fraction of sp³-hybridized carbons (Fsp3) is 0.714. The molecule has 7 heteroatoms. The zero-order valence-electron chi connectivity index (χ0n) is 22.0. The Morgan fingerprint density at radius 3 is 2.51 bits per heavy atom. The highest BCUT2D eigenvalue weighted by atomic mass is 16.6. The first kappa shape index (κ1) is 27.8. The van der Waals surface area contributed by atoms with E-state index >= 15 is 0 Å². The lowest BCUT2D eigenvalue weighted by Gasteiger charge is -2.39. The Morgan fingerprint density at radius 1 is 1.17 bits per heavy atom. The van der Waals surface area contributed by atoms with Crippen LogP contribution in [0.2, 0.25) is 0 Å². The summed E-state index contributed by atoms with van der Waals surface area (Å²) < 4.78 is 17.8. The van der Waals surface area contributed by atoms with Crippen LogP contribution in [-0.4, -0.2) is 65.6 Å². The van der Waals surface area contributed by atoms with Crippen LogP contribution in [0.3, 0.4) is 0 Å². The fourth-order valence-electron chi connectivity index (χ4n) is 4.96. The van der Waals surface area contributed by atoms with E-state index < -0.39 is 17.8 Å². The highest BCUT2D eigenvalue weighted by Crippen LogP contribution is 2.43. The number of allylic oxidation sites excluding steroid dienone is 3. The summed E-state index contributed by atoms with van der Waals surface area (Å²) in [5, 5.41) is 13.8. The second kappa shape index (κ2) is 12.0. The number of carbonyl (C=O) groups excluding carboxylic acids is 2. The summed E-state index contributed by atoms with van der Waals surface area (Å²) in [5.41, 5.74) is 0.487. The van der Waals surface area contributed by atoms with Crippen molar-refractivity contribution in [2.45, 2.75) is 109 Å². The van der Waals surface area contributed by atoms with Gasteiger partial charge >= 0.3 is 0 Å². The van der Waals surface area contributed by atoms with Crippen molar-refractivity contribution in [2.24, 2.45) is 11.8 Å². The van der Waals surface area contributed by atoms with Crippen molar-refractivity contribution in [3.63, 3.8) is 0 Å². The van der Waals surface area contributed by atoms with E-state index in [1.807, 2.05) is 45.9 Å². The van der Waals surface area contributed by atoms with Crippen molar-refractivity contribution < 1.29 is 28.9 Å². The molecule has 196 valence electrons. The van der Waals surface area contributed by atoms with Crippen LogP contribution >= 0.6 is 0 Å². The Kier molecular flexibility index (Phi) is 9.49. The van der Waals surface area contributed by atoms with Gasteiger partial charge < -0.3 is 24.6 Å². The second-order valence-electron chi connectivity index (χ2n) is 11.0. The number of rotatable bonds is 9. The fourth-order valence-corrected chi connectivity index (χ4v) is 4.96. The number of aliphatic hydroxyl groups excluding tert-OH is 1. The molecule has 0 aromatic carbocycles. The topological polar surface area (TPSA) is 97.4 Å². The van der Waals surface area contributed by atoms with E-state index in [2.05, 4.69) is 18.3 Å². The van der Waals surface area contributed by atoms with Crippen molar-refractivity contribution in [3.05, 3.63) is 36.0 Å². The number of aliphatic hydroxyl groups is 1. The maximum Gasteiger partial charge on any atom is 0.243 e. The summed E-state index contributed by atoms with van der Waals surface area (Å²) in [4.78, 5) is 23.7. The number of nitrogens with one attached hydrogen (secondary N) is 1. The van der Waals surface area contributed by atoms with Crippen LogP contribution in [0.5, 0.6) is 0 Å². The van der Waals surface area contributed by atoms with Gasteiger partial charge in [-0.05, 0) is 51.5 Å². The van der Waals surface area contributed by atoms with Gasteiger partial charge in [-0.3, -0.25) is 9.59 Å².